The number of nitrogens with one attached hydrogen (secondary N) is 2. The molecule has 2 rings (SSSR count). The third kappa shape index (κ3) is 7.46. The van der Waals surface area contributed by atoms with Crippen LogP contribution in [0.2, 0.25) is 0 Å². The summed E-state index contributed by atoms with van der Waals surface area (Å²) in [6, 6.07) is 7.56. The van der Waals surface area contributed by atoms with Crippen molar-refractivity contribution in [1.82, 2.24) is 10.2 Å². The van der Waals surface area contributed by atoms with E-state index in [2.05, 4.69) is 24.5 Å². The molecule has 1 saturated heterocycles. The highest BCUT2D eigenvalue weighted by Crippen LogP contribution is 2.16. The van der Waals surface area contributed by atoms with E-state index in [9.17, 15) is 9.59 Å². The summed E-state index contributed by atoms with van der Waals surface area (Å²) in [5, 5.41) is 5.77. The van der Waals surface area contributed by atoms with Crippen LogP contribution in [0, 0.1) is 5.92 Å². The summed E-state index contributed by atoms with van der Waals surface area (Å²) in [7, 11) is 0. The van der Waals surface area contributed by atoms with Crippen molar-refractivity contribution in [3.63, 3.8) is 0 Å². The Hall–Kier alpha value is -2.04. The molecule has 5 nitrogen and oxygen atoms in total. The highest BCUT2D eigenvalue weighted by molar-refractivity contribution is 5.89. The smallest absolute Gasteiger partial charge is 0.319 e. The maximum atomic E-state index is 11.9. The van der Waals surface area contributed by atoms with Crippen molar-refractivity contribution in [2.45, 2.75) is 65.3 Å². The van der Waals surface area contributed by atoms with E-state index in [0.29, 0.717) is 19.5 Å². The lowest BCUT2D eigenvalue weighted by Crippen LogP contribution is -2.29. The van der Waals surface area contributed by atoms with Gasteiger partial charge in [0.1, 0.15) is 0 Å². The summed E-state index contributed by atoms with van der Waals surface area (Å²) < 4.78 is 0. The number of rotatable bonds is 10. The summed E-state index contributed by atoms with van der Waals surface area (Å²) in [4.78, 5) is 25.5. The Kier molecular flexibility index (Phi) is 8.45. The maximum Gasteiger partial charge on any atom is 0.319 e. The molecule has 0 radical (unpaired) electrons. The van der Waals surface area contributed by atoms with Crippen molar-refractivity contribution in [3.05, 3.63) is 29.8 Å². The van der Waals surface area contributed by atoms with E-state index in [1.165, 1.54) is 19.3 Å². The maximum absolute atomic E-state index is 11.9. The first-order chi connectivity index (χ1) is 12.5. The van der Waals surface area contributed by atoms with Gasteiger partial charge in [-0.2, -0.15) is 0 Å². The lowest BCUT2D eigenvalue weighted by Gasteiger charge is -2.15. The third-order valence-electron chi connectivity index (χ3n) is 4.75. The van der Waals surface area contributed by atoms with E-state index >= 15 is 0 Å². The summed E-state index contributed by atoms with van der Waals surface area (Å²) >= 11 is 0. The van der Waals surface area contributed by atoms with Crippen LogP contribution >= 0.6 is 0 Å². The van der Waals surface area contributed by atoms with Crippen LogP contribution in [-0.2, 0) is 11.3 Å². The molecular formula is C21H33N3O2. The summed E-state index contributed by atoms with van der Waals surface area (Å²) in [5.74, 6) is 1.01. The van der Waals surface area contributed by atoms with Gasteiger partial charge in [-0.3, -0.25) is 4.79 Å². The molecular weight excluding hydrogens is 326 g/mol. The molecule has 144 valence electrons. The van der Waals surface area contributed by atoms with Gasteiger partial charge < -0.3 is 15.5 Å². The van der Waals surface area contributed by atoms with E-state index < -0.39 is 0 Å². The molecule has 1 aliphatic heterocycles. The van der Waals surface area contributed by atoms with Crippen molar-refractivity contribution < 1.29 is 9.59 Å². The van der Waals surface area contributed by atoms with Crippen LogP contribution in [-0.4, -0.2) is 29.9 Å². The fourth-order valence-electron chi connectivity index (χ4n) is 3.19. The average Bonchev–Trinajstić information content (AvgIpc) is 3.00. The van der Waals surface area contributed by atoms with Crippen LogP contribution < -0.4 is 10.6 Å². The van der Waals surface area contributed by atoms with Gasteiger partial charge in [-0.05, 0) is 36.5 Å². The first kappa shape index (κ1) is 20.3. The zero-order chi connectivity index (χ0) is 18.8. The predicted molar refractivity (Wildman–Crippen MR) is 106 cm³/mol. The molecule has 0 saturated carbocycles. The normalized spacial score (nSPS) is 14.1. The van der Waals surface area contributed by atoms with Crippen molar-refractivity contribution >= 4 is 17.6 Å². The molecule has 0 spiro atoms. The Morgan fingerprint density at radius 3 is 2.50 bits per heavy atom. The van der Waals surface area contributed by atoms with E-state index in [1.54, 1.807) is 0 Å². The number of carbonyl (C=O) groups excluding carboxylic acids is 2. The van der Waals surface area contributed by atoms with Gasteiger partial charge in [-0.1, -0.05) is 51.7 Å². The molecule has 0 aliphatic carbocycles. The molecule has 1 aromatic carbocycles. The molecule has 0 aromatic heterocycles. The number of likely N-dealkylation sites (tertiary alicyclic amines) is 1. The molecule has 5 heteroatoms. The fraction of sp³-hybridized carbons (Fsp3) is 0.619. The second-order valence-corrected chi connectivity index (χ2v) is 7.59. The standard InChI is InChI=1S/C21H33N3O2/c1-17(2)8-5-3-4-6-14-22-21(26)23-19-12-10-18(11-13-19)16-24-15-7-9-20(24)25/h10-13,17H,3-9,14-16H2,1-2H3,(H2,22,23,26). The van der Waals surface area contributed by atoms with Gasteiger partial charge in [-0.25, -0.2) is 4.79 Å². The number of anilines is 1. The zero-order valence-electron chi connectivity index (χ0n) is 16.2. The van der Waals surface area contributed by atoms with Crippen molar-refractivity contribution in [2.75, 3.05) is 18.4 Å². The number of carbonyl (C=O) groups is 2. The van der Waals surface area contributed by atoms with E-state index in [-0.39, 0.29) is 11.9 Å². The predicted octanol–water partition coefficient (Wildman–Crippen LogP) is 4.54. The van der Waals surface area contributed by atoms with Gasteiger partial charge in [0.15, 0.2) is 0 Å². The minimum absolute atomic E-state index is 0.158. The third-order valence-corrected chi connectivity index (χ3v) is 4.75. The van der Waals surface area contributed by atoms with Crippen molar-refractivity contribution in [2.24, 2.45) is 5.92 Å². The van der Waals surface area contributed by atoms with Gasteiger partial charge in [0.2, 0.25) is 5.91 Å². The molecule has 1 aliphatic rings. The summed E-state index contributed by atoms with van der Waals surface area (Å²) in [5.41, 5.74) is 1.86. The van der Waals surface area contributed by atoms with Crippen molar-refractivity contribution in [3.8, 4) is 0 Å². The Balaban J connectivity index is 1.60. The minimum atomic E-state index is -0.158. The largest absolute Gasteiger partial charge is 0.338 e. The topological polar surface area (TPSA) is 61.4 Å². The molecule has 3 amide bonds. The van der Waals surface area contributed by atoms with Crippen LogP contribution in [0.5, 0.6) is 0 Å². The SMILES string of the molecule is CC(C)CCCCCCNC(=O)Nc1ccc(CN2CCCC2=O)cc1. The second-order valence-electron chi connectivity index (χ2n) is 7.59. The molecule has 0 unspecified atom stereocenters. The van der Waals surface area contributed by atoms with Crippen LogP contribution in [0.1, 0.15) is 64.4 Å². The molecule has 1 aromatic rings. The van der Waals surface area contributed by atoms with Gasteiger partial charge in [0.25, 0.3) is 0 Å². The van der Waals surface area contributed by atoms with Gasteiger partial charge in [0.05, 0.1) is 0 Å². The molecule has 1 fully saturated rings. The summed E-state index contributed by atoms with van der Waals surface area (Å²) in [6.07, 6.45) is 7.61. The Morgan fingerprint density at radius 2 is 1.85 bits per heavy atom. The van der Waals surface area contributed by atoms with E-state index in [1.807, 2.05) is 29.2 Å². The number of unbranched alkanes of at least 4 members (excludes halogenated alkanes) is 3. The number of amides is 3. The van der Waals surface area contributed by atoms with Gasteiger partial charge >= 0.3 is 6.03 Å². The first-order valence-corrected chi connectivity index (χ1v) is 9.96. The fourth-order valence-corrected chi connectivity index (χ4v) is 3.19. The highest BCUT2D eigenvalue weighted by Gasteiger charge is 2.19. The number of urea groups is 1. The zero-order valence-corrected chi connectivity index (χ0v) is 16.2. The molecule has 26 heavy (non-hydrogen) atoms. The summed E-state index contributed by atoms with van der Waals surface area (Å²) in [6.45, 7) is 6.72. The lowest BCUT2D eigenvalue weighted by atomic mass is 10.0. The molecule has 0 atom stereocenters. The van der Waals surface area contributed by atoms with Crippen LogP contribution in [0.3, 0.4) is 0 Å². The first-order valence-electron chi connectivity index (χ1n) is 9.96. The molecule has 0 bridgehead atoms. The minimum Gasteiger partial charge on any atom is -0.338 e. The Bertz CT molecular complexity index is 569. The lowest BCUT2D eigenvalue weighted by molar-refractivity contribution is -0.128. The van der Waals surface area contributed by atoms with Crippen LogP contribution in [0.4, 0.5) is 10.5 Å². The quantitative estimate of drug-likeness (QED) is 0.603. The van der Waals surface area contributed by atoms with Crippen molar-refractivity contribution in [1.29, 1.82) is 0 Å². The van der Waals surface area contributed by atoms with E-state index in [0.717, 1.165) is 43.0 Å². The molecule has 2 N–H and O–H groups in total. The van der Waals surface area contributed by atoms with Gasteiger partial charge in [0, 0.05) is 31.7 Å². The number of hydrogen-bond acceptors (Lipinski definition) is 2. The number of nitrogens with zero attached hydrogens (tertiary/aromatic N) is 1. The van der Waals surface area contributed by atoms with E-state index in [4.69, 9.17) is 0 Å². The Labute approximate surface area is 157 Å². The molecule has 1 heterocycles. The number of benzene rings is 1. The van der Waals surface area contributed by atoms with Crippen LogP contribution in [0.25, 0.3) is 0 Å². The van der Waals surface area contributed by atoms with Crippen LogP contribution in [0.15, 0.2) is 24.3 Å². The number of hydrogen-bond donors (Lipinski definition) is 2. The second kappa shape index (κ2) is 10.8. The average molecular weight is 360 g/mol. The Morgan fingerprint density at radius 1 is 1.12 bits per heavy atom. The monoisotopic (exact) mass is 359 g/mol. The highest BCUT2D eigenvalue weighted by atomic mass is 16.2. The van der Waals surface area contributed by atoms with Gasteiger partial charge in [-0.15, -0.1) is 0 Å².